The summed E-state index contributed by atoms with van der Waals surface area (Å²) in [7, 11) is 0. The van der Waals surface area contributed by atoms with Gasteiger partial charge in [0.05, 0.1) is 6.04 Å². The number of primary amides is 1. The van der Waals surface area contributed by atoms with Crippen LogP contribution in [0.3, 0.4) is 0 Å². The Morgan fingerprint density at radius 2 is 1.79 bits per heavy atom. The lowest BCUT2D eigenvalue weighted by atomic mass is 9.47. The largest absolute Gasteiger partial charge is 0.433 e. The van der Waals surface area contributed by atoms with Crippen molar-refractivity contribution < 1.29 is 31.5 Å². The highest BCUT2D eigenvalue weighted by atomic mass is 32.2. The number of alkyl halides is 3. The number of anilines is 1. The average Bonchev–Trinajstić information content (AvgIpc) is 3.56. The first-order valence-corrected chi connectivity index (χ1v) is 12.1. The van der Waals surface area contributed by atoms with Crippen LogP contribution in [0.2, 0.25) is 0 Å². The first kappa shape index (κ1) is 22.6. The van der Waals surface area contributed by atoms with Gasteiger partial charge in [-0.15, -0.1) is 0 Å². The SMILES string of the molecule is NC(=O)C12CC3CC(C1)C(N(C(=O)C1CC1)N(c1cccc(C(F)(F)F)n1)S(=O)O)C(C3)C2. The second-order valence-corrected chi connectivity index (χ2v) is 10.8. The van der Waals surface area contributed by atoms with Crippen LogP contribution in [-0.4, -0.2) is 36.6 Å². The lowest BCUT2D eigenvalue weighted by Gasteiger charge is -2.61. The third-order valence-electron chi connectivity index (χ3n) is 7.75. The third kappa shape index (κ3) is 3.80. The molecule has 0 saturated heterocycles. The minimum absolute atomic E-state index is 0.136. The number of nitrogens with two attached hydrogens (primary N) is 1. The first-order chi connectivity index (χ1) is 15.5. The zero-order valence-electron chi connectivity index (χ0n) is 17.7. The normalized spacial score (nSPS) is 33.6. The topological polar surface area (TPSA) is 117 Å². The summed E-state index contributed by atoms with van der Waals surface area (Å²) in [5.41, 5.74) is 3.90. The molecule has 33 heavy (non-hydrogen) atoms. The van der Waals surface area contributed by atoms with E-state index in [9.17, 15) is 31.5 Å². The quantitative estimate of drug-likeness (QED) is 0.474. The Hall–Kier alpha value is -2.21. The molecule has 2 amide bonds. The van der Waals surface area contributed by atoms with E-state index >= 15 is 0 Å². The van der Waals surface area contributed by atoms with Gasteiger partial charge in [-0.25, -0.2) is 14.2 Å². The maximum absolute atomic E-state index is 13.4. The molecule has 1 aromatic rings. The third-order valence-corrected chi connectivity index (χ3v) is 8.40. The van der Waals surface area contributed by atoms with E-state index in [1.807, 2.05) is 0 Å². The van der Waals surface area contributed by atoms with E-state index in [1.165, 1.54) is 11.1 Å². The van der Waals surface area contributed by atoms with Crippen molar-refractivity contribution in [3.8, 4) is 0 Å². The van der Waals surface area contributed by atoms with E-state index in [-0.39, 0.29) is 35.5 Å². The van der Waals surface area contributed by atoms with Crippen LogP contribution in [0.1, 0.15) is 50.6 Å². The number of carbonyl (C=O) groups is 2. The average molecular weight is 487 g/mol. The Balaban J connectivity index is 1.57. The lowest BCUT2D eigenvalue weighted by Crippen LogP contribution is -2.66. The molecule has 1 aromatic heterocycles. The second-order valence-electron chi connectivity index (χ2n) is 9.94. The van der Waals surface area contributed by atoms with E-state index in [1.54, 1.807) is 0 Å². The van der Waals surface area contributed by atoms with Gasteiger partial charge in [-0.2, -0.15) is 17.6 Å². The Morgan fingerprint density at radius 1 is 1.15 bits per heavy atom. The van der Waals surface area contributed by atoms with Crippen LogP contribution in [0.4, 0.5) is 19.0 Å². The highest BCUT2D eigenvalue weighted by Crippen LogP contribution is 2.61. The number of hydrazine groups is 1. The Bertz CT molecular complexity index is 1000. The summed E-state index contributed by atoms with van der Waals surface area (Å²) in [6.45, 7) is 0. The number of amides is 2. The molecule has 4 bridgehead atoms. The number of hydrogen-bond acceptors (Lipinski definition) is 4. The fourth-order valence-corrected chi connectivity index (χ4v) is 7.13. The summed E-state index contributed by atoms with van der Waals surface area (Å²) in [5, 5.41) is 1.21. The van der Waals surface area contributed by atoms with E-state index < -0.39 is 40.4 Å². The van der Waals surface area contributed by atoms with Crippen LogP contribution in [0.25, 0.3) is 0 Å². The van der Waals surface area contributed by atoms with Crippen LogP contribution in [0.15, 0.2) is 18.2 Å². The van der Waals surface area contributed by atoms with Crippen molar-refractivity contribution in [2.24, 2.45) is 34.8 Å². The standard InChI is InChI=1S/C21H25F3N4O4S/c22-21(23,24)15-2-1-3-16(26-15)28(33(31)32)27(18(29)12-4-5-12)17-13-6-11-7-14(17)10-20(8-11,9-13)19(25)30/h1-3,11-14,17H,4-10H2,(H2,25,30)(H,31,32). The van der Waals surface area contributed by atoms with Crippen molar-refractivity contribution in [2.75, 3.05) is 4.41 Å². The molecule has 0 radical (unpaired) electrons. The summed E-state index contributed by atoms with van der Waals surface area (Å²) in [6.07, 6.45) is -0.379. The molecule has 5 aliphatic carbocycles. The summed E-state index contributed by atoms with van der Waals surface area (Å²) < 4.78 is 63.3. The second kappa shape index (κ2) is 7.66. The van der Waals surface area contributed by atoms with Crippen molar-refractivity contribution in [1.29, 1.82) is 0 Å². The Labute approximate surface area is 191 Å². The lowest BCUT2D eigenvalue weighted by molar-refractivity contribution is -0.160. The molecule has 5 fully saturated rings. The van der Waals surface area contributed by atoms with Gasteiger partial charge < -0.3 is 5.73 Å². The predicted octanol–water partition coefficient (Wildman–Crippen LogP) is 2.88. The Morgan fingerprint density at radius 3 is 2.30 bits per heavy atom. The van der Waals surface area contributed by atoms with Crippen LogP contribution >= 0.6 is 0 Å². The Kier molecular flexibility index (Phi) is 5.24. The fraction of sp³-hybridized carbons (Fsp3) is 0.667. The molecule has 3 atom stereocenters. The van der Waals surface area contributed by atoms with Gasteiger partial charge in [0.1, 0.15) is 5.69 Å². The summed E-state index contributed by atoms with van der Waals surface area (Å²) in [5.74, 6) is -1.50. The van der Waals surface area contributed by atoms with Gasteiger partial charge in [0.25, 0.3) is 11.3 Å². The zero-order valence-corrected chi connectivity index (χ0v) is 18.5. The molecule has 1 heterocycles. The zero-order chi connectivity index (χ0) is 23.7. The maximum Gasteiger partial charge on any atom is 0.433 e. The molecular formula is C21H25F3N4O4S. The van der Waals surface area contributed by atoms with Gasteiger partial charge in [-0.1, -0.05) is 6.07 Å². The fourth-order valence-electron chi connectivity index (χ4n) is 6.53. The van der Waals surface area contributed by atoms with Gasteiger partial charge in [-0.3, -0.25) is 14.1 Å². The first-order valence-electron chi connectivity index (χ1n) is 11.1. The molecule has 5 saturated carbocycles. The van der Waals surface area contributed by atoms with Crippen molar-refractivity contribution in [1.82, 2.24) is 9.99 Å². The number of halogens is 3. The predicted molar refractivity (Wildman–Crippen MR) is 111 cm³/mol. The molecule has 12 heteroatoms. The summed E-state index contributed by atoms with van der Waals surface area (Å²) in [6, 6.07) is 2.56. The van der Waals surface area contributed by atoms with Crippen LogP contribution < -0.4 is 10.1 Å². The molecule has 8 nitrogen and oxygen atoms in total. The molecule has 6 rings (SSSR count). The number of aromatic nitrogens is 1. The van der Waals surface area contributed by atoms with E-state index in [4.69, 9.17) is 5.73 Å². The van der Waals surface area contributed by atoms with Crippen molar-refractivity contribution >= 4 is 28.9 Å². The van der Waals surface area contributed by atoms with Gasteiger partial charge >= 0.3 is 6.18 Å². The van der Waals surface area contributed by atoms with Gasteiger partial charge in [0.15, 0.2) is 5.82 Å². The molecule has 180 valence electrons. The highest BCUT2D eigenvalue weighted by molar-refractivity contribution is 7.80. The molecule has 5 aliphatic rings. The molecule has 3 N–H and O–H groups in total. The monoisotopic (exact) mass is 486 g/mol. The van der Waals surface area contributed by atoms with Gasteiger partial charge in [-0.05, 0) is 74.8 Å². The molecule has 3 unspecified atom stereocenters. The van der Waals surface area contributed by atoms with Crippen molar-refractivity contribution in [2.45, 2.75) is 57.2 Å². The van der Waals surface area contributed by atoms with Crippen LogP contribution in [-0.2, 0) is 27.0 Å². The highest BCUT2D eigenvalue weighted by Gasteiger charge is 2.61. The maximum atomic E-state index is 13.4. The van der Waals surface area contributed by atoms with Gasteiger partial charge in [0.2, 0.25) is 11.8 Å². The van der Waals surface area contributed by atoms with Crippen molar-refractivity contribution in [3.05, 3.63) is 23.9 Å². The summed E-state index contributed by atoms with van der Waals surface area (Å²) in [4.78, 5) is 29.3. The van der Waals surface area contributed by atoms with E-state index in [0.29, 0.717) is 36.5 Å². The van der Waals surface area contributed by atoms with E-state index in [0.717, 1.165) is 25.0 Å². The van der Waals surface area contributed by atoms with Crippen molar-refractivity contribution in [3.63, 3.8) is 0 Å². The smallest absolute Gasteiger partial charge is 0.369 e. The van der Waals surface area contributed by atoms with Crippen LogP contribution in [0.5, 0.6) is 0 Å². The number of rotatable bonds is 6. The molecule has 0 spiro atoms. The van der Waals surface area contributed by atoms with Crippen LogP contribution in [0, 0.1) is 29.1 Å². The number of nitrogens with zero attached hydrogens (tertiary/aromatic N) is 3. The minimum atomic E-state index is -4.75. The molecular weight excluding hydrogens is 461 g/mol. The minimum Gasteiger partial charge on any atom is -0.369 e. The summed E-state index contributed by atoms with van der Waals surface area (Å²) >= 11 is -2.84. The van der Waals surface area contributed by atoms with Gasteiger partial charge in [0, 0.05) is 11.3 Å². The molecule has 0 aromatic carbocycles. The number of carbonyl (C=O) groups excluding carboxylic acids is 2. The number of hydrogen-bond donors (Lipinski definition) is 2. The number of pyridine rings is 1. The van der Waals surface area contributed by atoms with E-state index in [2.05, 4.69) is 4.98 Å². The molecule has 0 aliphatic heterocycles.